The standard InChI is InChI=1S/C19H25NO5/c1-2-23-19(22)17-10-8-16(9-11-17)14-25-20-12-18(21)24-13-15-6-4-3-5-7-15/h3-7,12,16-17H,2,8-11,13-14H2,1H3/b20-12+. The molecule has 0 radical (unpaired) electrons. The molecule has 136 valence electrons. The largest absolute Gasteiger partial charge is 0.466 e. The predicted molar refractivity (Wildman–Crippen MR) is 92.8 cm³/mol. The molecule has 0 saturated heterocycles. The minimum atomic E-state index is -0.533. The van der Waals surface area contributed by atoms with Crippen LogP contribution < -0.4 is 0 Å². The highest BCUT2D eigenvalue weighted by molar-refractivity contribution is 6.22. The summed E-state index contributed by atoms with van der Waals surface area (Å²) in [6, 6.07) is 9.44. The van der Waals surface area contributed by atoms with Gasteiger partial charge in [-0.1, -0.05) is 35.5 Å². The summed E-state index contributed by atoms with van der Waals surface area (Å²) in [7, 11) is 0. The molecule has 1 aliphatic carbocycles. The van der Waals surface area contributed by atoms with Gasteiger partial charge in [-0.05, 0) is 44.1 Å². The summed E-state index contributed by atoms with van der Waals surface area (Å²) in [5, 5.41) is 3.67. The van der Waals surface area contributed by atoms with E-state index in [1.165, 1.54) is 0 Å². The van der Waals surface area contributed by atoms with E-state index >= 15 is 0 Å². The van der Waals surface area contributed by atoms with Crippen LogP contribution in [0.5, 0.6) is 0 Å². The van der Waals surface area contributed by atoms with Gasteiger partial charge in [0.15, 0.2) is 6.21 Å². The molecule has 0 aliphatic heterocycles. The van der Waals surface area contributed by atoms with Crippen molar-refractivity contribution in [3.05, 3.63) is 35.9 Å². The lowest BCUT2D eigenvalue weighted by Crippen LogP contribution is -2.25. The van der Waals surface area contributed by atoms with Gasteiger partial charge in [0.2, 0.25) is 0 Å². The number of hydrogen-bond donors (Lipinski definition) is 0. The van der Waals surface area contributed by atoms with Crippen molar-refractivity contribution in [2.75, 3.05) is 13.2 Å². The molecule has 1 aliphatic rings. The fourth-order valence-electron chi connectivity index (χ4n) is 2.82. The van der Waals surface area contributed by atoms with Crippen LogP contribution in [0.1, 0.15) is 38.2 Å². The van der Waals surface area contributed by atoms with Crippen molar-refractivity contribution < 1.29 is 23.9 Å². The van der Waals surface area contributed by atoms with E-state index in [4.69, 9.17) is 14.3 Å². The second-order valence-electron chi connectivity index (χ2n) is 6.09. The first-order chi connectivity index (χ1) is 12.2. The normalized spacial score (nSPS) is 20.2. The van der Waals surface area contributed by atoms with Crippen LogP contribution in [-0.2, 0) is 30.5 Å². The number of ether oxygens (including phenoxy) is 2. The number of esters is 2. The van der Waals surface area contributed by atoms with Crippen molar-refractivity contribution >= 4 is 18.2 Å². The zero-order chi connectivity index (χ0) is 17.9. The van der Waals surface area contributed by atoms with Gasteiger partial charge >= 0.3 is 11.9 Å². The fourth-order valence-corrected chi connectivity index (χ4v) is 2.82. The van der Waals surface area contributed by atoms with E-state index in [9.17, 15) is 9.59 Å². The Morgan fingerprint density at radius 2 is 1.84 bits per heavy atom. The van der Waals surface area contributed by atoms with Gasteiger partial charge in [-0.25, -0.2) is 4.79 Å². The Bertz CT molecular complexity index is 564. The molecule has 1 fully saturated rings. The number of hydrogen-bond acceptors (Lipinski definition) is 6. The maximum absolute atomic E-state index is 11.7. The van der Waals surface area contributed by atoms with Crippen molar-refractivity contribution in [3.63, 3.8) is 0 Å². The van der Waals surface area contributed by atoms with Gasteiger partial charge in [0.25, 0.3) is 0 Å². The van der Waals surface area contributed by atoms with Gasteiger partial charge in [-0.15, -0.1) is 0 Å². The van der Waals surface area contributed by atoms with Crippen LogP contribution in [0.15, 0.2) is 35.5 Å². The average molecular weight is 347 g/mol. The number of benzene rings is 1. The van der Waals surface area contributed by atoms with Crippen LogP contribution >= 0.6 is 0 Å². The molecule has 0 amide bonds. The third-order valence-corrected chi connectivity index (χ3v) is 4.23. The van der Waals surface area contributed by atoms with Crippen LogP contribution in [0.4, 0.5) is 0 Å². The highest BCUT2D eigenvalue weighted by Crippen LogP contribution is 2.29. The Hall–Kier alpha value is -2.37. The molecule has 0 atom stereocenters. The average Bonchev–Trinajstić information content (AvgIpc) is 2.65. The molecule has 2 rings (SSSR count). The van der Waals surface area contributed by atoms with Gasteiger partial charge in [0.05, 0.1) is 12.5 Å². The second kappa shape index (κ2) is 10.5. The van der Waals surface area contributed by atoms with Crippen molar-refractivity contribution in [2.24, 2.45) is 17.0 Å². The maximum Gasteiger partial charge on any atom is 0.353 e. The molecule has 1 saturated carbocycles. The second-order valence-corrected chi connectivity index (χ2v) is 6.09. The molecule has 0 bridgehead atoms. The number of carbonyl (C=O) groups is 2. The number of nitrogens with zero attached hydrogens (tertiary/aromatic N) is 1. The van der Waals surface area contributed by atoms with E-state index in [1.807, 2.05) is 37.3 Å². The Morgan fingerprint density at radius 1 is 1.12 bits per heavy atom. The van der Waals surface area contributed by atoms with E-state index in [0.717, 1.165) is 37.5 Å². The molecule has 6 nitrogen and oxygen atoms in total. The Morgan fingerprint density at radius 3 is 2.52 bits per heavy atom. The van der Waals surface area contributed by atoms with Gasteiger partial charge in [0, 0.05) is 0 Å². The zero-order valence-corrected chi connectivity index (χ0v) is 14.6. The molecular formula is C19H25NO5. The fraction of sp³-hybridized carbons (Fsp3) is 0.526. The molecule has 1 aromatic carbocycles. The third kappa shape index (κ3) is 6.95. The van der Waals surface area contributed by atoms with Gasteiger partial charge in [-0.2, -0.15) is 0 Å². The van der Waals surface area contributed by atoms with Crippen LogP contribution in [-0.4, -0.2) is 31.4 Å². The SMILES string of the molecule is CCOC(=O)C1CCC(CO/N=C/C(=O)OCc2ccccc2)CC1. The first-order valence-electron chi connectivity index (χ1n) is 8.71. The Balaban J connectivity index is 1.58. The van der Waals surface area contributed by atoms with Crippen LogP contribution in [0.3, 0.4) is 0 Å². The smallest absolute Gasteiger partial charge is 0.353 e. The topological polar surface area (TPSA) is 74.2 Å². The number of carbonyl (C=O) groups excluding carboxylic acids is 2. The molecular weight excluding hydrogens is 322 g/mol. The first kappa shape index (κ1) is 19.0. The number of rotatable bonds is 8. The van der Waals surface area contributed by atoms with Crippen molar-refractivity contribution in [2.45, 2.75) is 39.2 Å². The van der Waals surface area contributed by atoms with Gasteiger partial charge < -0.3 is 14.3 Å². The summed E-state index contributed by atoms with van der Waals surface area (Å²) in [6.45, 7) is 2.90. The molecule has 25 heavy (non-hydrogen) atoms. The number of oxime groups is 1. The molecule has 0 unspecified atom stereocenters. The highest BCUT2D eigenvalue weighted by Gasteiger charge is 2.27. The predicted octanol–water partition coefficient (Wildman–Crippen LogP) is 3.10. The Labute approximate surface area is 148 Å². The quantitative estimate of drug-likeness (QED) is 0.410. The van der Waals surface area contributed by atoms with E-state index in [1.54, 1.807) is 0 Å². The van der Waals surface area contributed by atoms with Crippen molar-refractivity contribution in [1.29, 1.82) is 0 Å². The lowest BCUT2D eigenvalue weighted by Gasteiger charge is -2.26. The van der Waals surface area contributed by atoms with Crippen molar-refractivity contribution in [3.8, 4) is 0 Å². The molecule has 0 heterocycles. The van der Waals surface area contributed by atoms with Crippen LogP contribution in [0.25, 0.3) is 0 Å². The summed E-state index contributed by atoms with van der Waals surface area (Å²) in [5.74, 6) is -0.272. The van der Waals surface area contributed by atoms with Crippen molar-refractivity contribution in [1.82, 2.24) is 0 Å². The van der Waals surface area contributed by atoms with Crippen LogP contribution in [0.2, 0.25) is 0 Å². The summed E-state index contributed by atoms with van der Waals surface area (Å²) in [6.07, 6.45) is 4.48. The van der Waals surface area contributed by atoms with E-state index in [-0.39, 0.29) is 18.5 Å². The van der Waals surface area contributed by atoms with E-state index in [2.05, 4.69) is 5.16 Å². The summed E-state index contributed by atoms with van der Waals surface area (Å²) >= 11 is 0. The molecule has 0 spiro atoms. The summed E-state index contributed by atoms with van der Waals surface area (Å²) in [4.78, 5) is 28.4. The Kier molecular flexibility index (Phi) is 7.95. The molecule has 6 heteroatoms. The molecule has 1 aromatic rings. The van der Waals surface area contributed by atoms with E-state index in [0.29, 0.717) is 19.1 Å². The monoisotopic (exact) mass is 347 g/mol. The van der Waals surface area contributed by atoms with E-state index < -0.39 is 5.97 Å². The first-order valence-corrected chi connectivity index (χ1v) is 8.71. The highest BCUT2D eigenvalue weighted by atomic mass is 16.6. The minimum absolute atomic E-state index is 0.00710. The molecule has 0 aromatic heterocycles. The van der Waals surface area contributed by atoms with Gasteiger partial charge in [0.1, 0.15) is 13.2 Å². The minimum Gasteiger partial charge on any atom is -0.466 e. The van der Waals surface area contributed by atoms with Crippen LogP contribution in [0, 0.1) is 11.8 Å². The summed E-state index contributed by atoms with van der Waals surface area (Å²) in [5.41, 5.74) is 0.920. The zero-order valence-electron chi connectivity index (χ0n) is 14.6. The maximum atomic E-state index is 11.7. The summed E-state index contributed by atoms with van der Waals surface area (Å²) < 4.78 is 10.1. The lowest BCUT2D eigenvalue weighted by atomic mass is 9.82. The van der Waals surface area contributed by atoms with Gasteiger partial charge in [-0.3, -0.25) is 4.79 Å². The molecule has 0 N–H and O–H groups in total. The lowest BCUT2D eigenvalue weighted by molar-refractivity contribution is -0.149. The third-order valence-electron chi connectivity index (χ3n) is 4.23.